The number of halogens is 3. The van der Waals surface area contributed by atoms with Gasteiger partial charge >= 0.3 is 6.18 Å². The molecule has 0 aromatic heterocycles. The molecule has 2 aromatic carbocycles. The number of rotatable bonds is 3. The molecule has 0 spiro atoms. The average Bonchev–Trinajstić information content (AvgIpc) is 2.51. The van der Waals surface area contributed by atoms with Crippen LogP contribution in [0.4, 0.5) is 13.2 Å². The molecule has 126 valence electrons. The molecule has 0 saturated heterocycles. The highest BCUT2D eigenvalue weighted by Crippen LogP contribution is 2.29. The van der Waals surface area contributed by atoms with Crippen LogP contribution in [0.15, 0.2) is 54.6 Å². The molecule has 0 atom stereocenters. The van der Waals surface area contributed by atoms with Gasteiger partial charge in [-0.05, 0) is 34.8 Å². The first kappa shape index (κ1) is 18.0. The molecular formula is C20H19F3O. The first-order valence-corrected chi connectivity index (χ1v) is 7.57. The van der Waals surface area contributed by atoms with Crippen molar-refractivity contribution >= 4 is 11.9 Å². The van der Waals surface area contributed by atoms with Crippen molar-refractivity contribution in [3.63, 3.8) is 0 Å². The van der Waals surface area contributed by atoms with E-state index in [4.69, 9.17) is 0 Å². The second-order valence-electron chi connectivity index (χ2n) is 6.65. The van der Waals surface area contributed by atoms with E-state index >= 15 is 0 Å². The van der Waals surface area contributed by atoms with Gasteiger partial charge in [0.15, 0.2) is 5.78 Å². The van der Waals surface area contributed by atoms with Crippen molar-refractivity contribution in [2.75, 3.05) is 0 Å². The van der Waals surface area contributed by atoms with Gasteiger partial charge in [-0.1, -0.05) is 63.2 Å². The van der Waals surface area contributed by atoms with E-state index < -0.39 is 17.5 Å². The minimum absolute atomic E-state index is 0.0207. The lowest BCUT2D eigenvalue weighted by Gasteiger charge is -2.18. The third kappa shape index (κ3) is 4.57. The predicted octanol–water partition coefficient (Wildman–Crippen LogP) is 5.90. The molecule has 1 nitrogen and oxygen atoms in total. The van der Waals surface area contributed by atoms with E-state index in [2.05, 4.69) is 20.8 Å². The molecule has 0 saturated carbocycles. The van der Waals surface area contributed by atoms with Crippen molar-refractivity contribution in [2.45, 2.75) is 32.4 Å². The molecule has 0 bridgehead atoms. The first-order chi connectivity index (χ1) is 11.1. The van der Waals surface area contributed by atoms with Crippen molar-refractivity contribution in [1.82, 2.24) is 0 Å². The Bertz CT molecular complexity index is 748. The van der Waals surface area contributed by atoms with Gasteiger partial charge in [0, 0.05) is 5.56 Å². The van der Waals surface area contributed by atoms with Gasteiger partial charge in [0.1, 0.15) is 0 Å². The van der Waals surface area contributed by atoms with Crippen molar-refractivity contribution in [1.29, 1.82) is 0 Å². The van der Waals surface area contributed by atoms with E-state index in [0.717, 1.165) is 17.7 Å². The van der Waals surface area contributed by atoms with Crippen LogP contribution in [-0.4, -0.2) is 5.78 Å². The molecule has 0 amide bonds. The smallest absolute Gasteiger partial charge is 0.289 e. The molecule has 0 aliphatic rings. The minimum atomic E-state index is -4.46. The Hall–Kier alpha value is -2.36. The molecule has 2 rings (SSSR count). The molecule has 0 radical (unpaired) electrons. The molecule has 0 heterocycles. The van der Waals surface area contributed by atoms with Crippen molar-refractivity contribution in [2.24, 2.45) is 0 Å². The van der Waals surface area contributed by atoms with Crippen molar-refractivity contribution < 1.29 is 18.0 Å². The molecular weight excluding hydrogens is 313 g/mol. The predicted molar refractivity (Wildman–Crippen MR) is 90.0 cm³/mol. The number of carbonyl (C=O) groups is 1. The topological polar surface area (TPSA) is 17.1 Å². The number of alkyl halides is 3. The zero-order valence-electron chi connectivity index (χ0n) is 13.8. The summed E-state index contributed by atoms with van der Waals surface area (Å²) in [5.41, 5.74) is 1.23. The van der Waals surface area contributed by atoms with Gasteiger partial charge in [-0.25, -0.2) is 0 Å². The fraction of sp³-hybridized carbons (Fsp3) is 0.250. The highest BCUT2D eigenvalue weighted by atomic mass is 19.4. The standard InChI is InChI=1S/C20H19F3O/c1-19(2,3)16-10-7-14(8-11-16)9-12-18(24)15-5-4-6-17(13-15)20(21,22)23/h4-13H,1-3H3. The molecule has 0 N–H and O–H groups in total. The summed E-state index contributed by atoms with van der Waals surface area (Å²) in [6.45, 7) is 6.32. The Balaban J connectivity index is 2.16. The fourth-order valence-corrected chi connectivity index (χ4v) is 2.21. The summed E-state index contributed by atoms with van der Waals surface area (Å²) in [5.74, 6) is -0.457. The maximum absolute atomic E-state index is 12.7. The van der Waals surface area contributed by atoms with E-state index in [-0.39, 0.29) is 11.0 Å². The summed E-state index contributed by atoms with van der Waals surface area (Å²) >= 11 is 0. The summed E-state index contributed by atoms with van der Waals surface area (Å²) in [5, 5.41) is 0. The van der Waals surface area contributed by atoms with E-state index in [0.29, 0.717) is 0 Å². The monoisotopic (exact) mass is 332 g/mol. The minimum Gasteiger partial charge on any atom is -0.289 e. The summed E-state index contributed by atoms with van der Waals surface area (Å²) in [6.07, 6.45) is -1.56. The molecule has 4 heteroatoms. The maximum Gasteiger partial charge on any atom is 0.416 e. The zero-order valence-corrected chi connectivity index (χ0v) is 13.8. The lowest BCUT2D eigenvalue weighted by molar-refractivity contribution is -0.137. The van der Waals surface area contributed by atoms with Gasteiger partial charge in [-0.15, -0.1) is 0 Å². The third-order valence-corrected chi connectivity index (χ3v) is 3.68. The van der Waals surface area contributed by atoms with Crippen LogP contribution in [0.1, 0.15) is 47.8 Å². The zero-order chi connectivity index (χ0) is 18.0. The fourth-order valence-electron chi connectivity index (χ4n) is 2.21. The molecule has 0 aliphatic heterocycles. The Kier molecular flexibility index (Phi) is 4.97. The Morgan fingerprint density at radius 3 is 2.08 bits per heavy atom. The molecule has 0 fully saturated rings. The lowest BCUT2D eigenvalue weighted by atomic mass is 9.87. The van der Waals surface area contributed by atoms with E-state index in [1.54, 1.807) is 6.08 Å². The lowest BCUT2D eigenvalue weighted by Crippen LogP contribution is -2.10. The Labute approximate surface area is 139 Å². The van der Waals surface area contributed by atoms with E-state index in [1.807, 2.05) is 24.3 Å². The SMILES string of the molecule is CC(C)(C)c1ccc(C=CC(=O)c2cccc(C(F)(F)F)c2)cc1. The van der Waals surface area contributed by atoms with Gasteiger partial charge in [-0.2, -0.15) is 13.2 Å². The quantitative estimate of drug-likeness (QED) is 0.505. The molecule has 24 heavy (non-hydrogen) atoms. The van der Waals surface area contributed by atoms with Crippen LogP contribution in [0.2, 0.25) is 0 Å². The number of carbonyl (C=O) groups excluding carboxylic acids is 1. The van der Waals surface area contributed by atoms with Gasteiger partial charge in [0.25, 0.3) is 0 Å². The molecule has 0 aliphatic carbocycles. The first-order valence-electron chi connectivity index (χ1n) is 7.57. The highest BCUT2D eigenvalue weighted by Gasteiger charge is 2.30. The van der Waals surface area contributed by atoms with Crippen LogP contribution in [0.5, 0.6) is 0 Å². The largest absolute Gasteiger partial charge is 0.416 e. The van der Waals surface area contributed by atoms with Crippen LogP contribution in [0.3, 0.4) is 0 Å². The number of allylic oxidation sites excluding steroid dienone is 1. The van der Waals surface area contributed by atoms with Gasteiger partial charge in [0.05, 0.1) is 5.56 Å². The van der Waals surface area contributed by atoms with Crippen LogP contribution in [-0.2, 0) is 11.6 Å². The van der Waals surface area contributed by atoms with E-state index in [1.165, 1.54) is 23.8 Å². The summed E-state index contributed by atoms with van der Waals surface area (Å²) < 4.78 is 38.1. The molecule has 0 unspecified atom stereocenters. The van der Waals surface area contributed by atoms with Gasteiger partial charge in [0.2, 0.25) is 0 Å². The number of benzene rings is 2. The third-order valence-electron chi connectivity index (χ3n) is 3.68. The van der Waals surface area contributed by atoms with E-state index in [9.17, 15) is 18.0 Å². The Morgan fingerprint density at radius 1 is 0.917 bits per heavy atom. The molecule has 2 aromatic rings. The Morgan fingerprint density at radius 2 is 1.54 bits per heavy atom. The highest BCUT2D eigenvalue weighted by molar-refractivity contribution is 6.06. The second-order valence-corrected chi connectivity index (χ2v) is 6.65. The van der Waals surface area contributed by atoms with Crippen LogP contribution >= 0.6 is 0 Å². The normalized spacial score (nSPS) is 12.6. The van der Waals surface area contributed by atoms with Crippen LogP contribution in [0, 0.1) is 0 Å². The van der Waals surface area contributed by atoms with Crippen LogP contribution < -0.4 is 0 Å². The van der Waals surface area contributed by atoms with Crippen molar-refractivity contribution in [3.05, 3.63) is 76.9 Å². The maximum atomic E-state index is 12.7. The second kappa shape index (κ2) is 6.63. The summed E-state index contributed by atoms with van der Waals surface area (Å²) in [4.78, 5) is 12.1. The van der Waals surface area contributed by atoms with Gasteiger partial charge < -0.3 is 0 Å². The number of ketones is 1. The average molecular weight is 332 g/mol. The summed E-state index contributed by atoms with van der Waals surface area (Å²) in [6, 6.07) is 12.2. The number of hydrogen-bond donors (Lipinski definition) is 0. The van der Waals surface area contributed by atoms with Crippen molar-refractivity contribution in [3.8, 4) is 0 Å². The van der Waals surface area contributed by atoms with Crippen LogP contribution in [0.25, 0.3) is 6.08 Å². The summed E-state index contributed by atoms with van der Waals surface area (Å²) in [7, 11) is 0. The van der Waals surface area contributed by atoms with Gasteiger partial charge in [-0.3, -0.25) is 4.79 Å². The number of hydrogen-bond acceptors (Lipinski definition) is 1.